The molecular weight excluding hydrogens is 140 g/mol. The van der Waals surface area contributed by atoms with Crippen LogP contribution in [0.1, 0.15) is 19.8 Å². The molecule has 0 amide bonds. The van der Waals surface area contributed by atoms with Gasteiger partial charge in [-0.1, -0.05) is 6.92 Å². The van der Waals surface area contributed by atoms with E-state index in [1.165, 1.54) is 0 Å². The van der Waals surface area contributed by atoms with Gasteiger partial charge in [0.25, 0.3) is 0 Å². The summed E-state index contributed by atoms with van der Waals surface area (Å²) in [5.41, 5.74) is 0. The van der Waals surface area contributed by atoms with E-state index in [0.717, 1.165) is 12.8 Å². The highest BCUT2D eigenvalue weighted by Gasteiger charge is 2.53. The van der Waals surface area contributed by atoms with Crippen LogP contribution in [0.2, 0.25) is 0 Å². The predicted molar refractivity (Wildman–Crippen MR) is 41.0 cm³/mol. The number of hydrogen-bond donors (Lipinski definition) is 1. The zero-order valence-electron chi connectivity index (χ0n) is 6.79. The summed E-state index contributed by atoms with van der Waals surface area (Å²) in [6, 6.07) is 0. The van der Waals surface area contributed by atoms with E-state index >= 15 is 0 Å². The maximum Gasteiger partial charge on any atom is 0.140 e. The van der Waals surface area contributed by atoms with E-state index in [4.69, 9.17) is 5.11 Å². The quantitative estimate of drug-likeness (QED) is 0.607. The molecule has 2 aliphatic rings. The molecule has 2 heteroatoms. The molecule has 1 N–H and O–H groups in total. The van der Waals surface area contributed by atoms with Gasteiger partial charge in [-0.25, -0.2) is 0 Å². The minimum absolute atomic E-state index is 0.262. The van der Waals surface area contributed by atoms with Gasteiger partial charge < -0.3 is 5.11 Å². The summed E-state index contributed by atoms with van der Waals surface area (Å²) in [7, 11) is 0. The smallest absolute Gasteiger partial charge is 0.140 e. The van der Waals surface area contributed by atoms with E-state index in [1.54, 1.807) is 0 Å². The molecule has 0 saturated heterocycles. The van der Waals surface area contributed by atoms with Gasteiger partial charge in [-0.15, -0.1) is 0 Å². The molecule has 2 aliphatic carbocycles. The molecule has 0 bridgehead atoms. The average molecular weight is 154 g/mol. The Balaban J connectivity index is 2.02. The molecule has 2 nitrogen and oxygen atoms in total. The fourth-order valence-electron chi connectivity index (χ4n) is 2.32. The second kappa shape index (κ2) is 2.31. The molecule has 4 unspecified atom stereocenters. The summed E-state index contributed by atoms with van der Waals surface area (Å²) in [6.07, 6.45) is 1.97. The molecule has 0 aromatic carbocycles. The highest BCUT2D eigenvalue weighted by atomic mass is 16.3. The Bertz CT molecular complexity index is 188. The van der Waals surface area contributed by atoms with Gasteiger partial charge in [0.1, 0.15) is 5.78 Å². The number of ketones is 1. The first-order valence-electron chi connectivity index (χ1n) is 4.38. The summed E-state index contributed by atoms with van der Waals surface area (Å²) >= 11 is 0. The fraction of sp³-hybridized carbons (Fsp3) is 0.889. The van der Waals surface area contributed by atoms with Gasteiger partial charge >= 0.3 is 0 Å². The maximum atomic E-state index is 11.0. The largest absolute Gasteiger partial charge is 0.396 e. The molecule has 62 valence electrons. The first kappa shape index (κ1) is 7.29. The number of carbonyl (C=O) groups excluding carboxylic acids is 1. The van der Waals surface area contributed by atoms with Gasteiger partial charge in [0.2, 0.25) is 0 Å². The minimum Gasteiger partial charge on any atom is -0.396 e. The number of rotatable bonds is 1. The fourth-order valence-corrected chi connectivity index (χ4v) is 2.32. The van der Waals surface area contributed by atoms with E-state index in [0.29, 0.717) is 29.5 Å². The lowest BCUT2D eigenvalue weighted by Crippen LogP contribution is -2.21. The molecule has 2 saturated carbocycles. The van der Waals surface area contributed by atoms with E-state index in [-0.39, 0.29) is 6.61 Å². The Labute approximate surface area is 66.6 Å². The van der Waals surface area contributed by atoms with E-state index < -0.39 is 0 Å². The van der Waals surface area contributed by atoms with Crippen molar-refractivity contribution in [2.75, 3.05) is 6.61 Å². The van der Waals surface area contributed by atoms with Crippen LogP contribution >= 0.6 is 0 Å². The van der Waals surface area contributed by atoms with Crippen molar-refractivity contribution in [2.24, 2.45) is 23.7 Å². The Morgan fingerprint density at radius 1 is 1.45 bits per heavy atom. The third-order valence-corrected chi connectivity index (χ3v) is 3.33. The van der Waals surface area contributed by atoms with Gasteiger partial charge in [0.15, 0.2) is 0 Å². The number of carbonyl (C=O) groups is 1. The number of fused-ring (bicyclic) bond motifs is 1. The third-order valence-electron chi connectivity index (χ3n) is 3.33. The molecule has 2 rings (SSSR count). The van der Waals surface area contributed by atoms with Crippen LogP contribution in [-0.2, 0) is 4.79 Å². The van der Waals surface area contributed by atoms with Gasteiger partial charge in [-0.2, -0.15) is 0 Å². The minimum atomic E-state index is 0.262. The van der Waals surface area contributed by atoms with Crippen molar-refractivity contribution < 1.29 is 9.90 Å². The van der Waals surface area contributed by atoms with Gasteiger partial charge in [0.05, 0.1) is 0 Å². The van der Waals surface area contributed by atoms with Gasteiger partial charge in [0, 0.05) is 18.4 Å². The van der Waals surface area contributed by atoms with Crippen molar-refractivity contribution in [3.8, 4) is 0 Å². The summed E-state index contributed by atoms with van der Waals surface area (Å²) in [5, 5.41) is 8.97. The Kier molecular flexibility index (Phi) is 1.53. The Hall–Kier alpha value is -0.370. The lowest BCUT2D eigenvalue weighted by molar-refractivity contribution is -0.112. The van der Waals surface area contributed by atoms with Crippen LogP contribution in [0.25, 0.3) is 0 Å². The van der Waals surface area contributed by atoms with Crippen molar-refractivity contribution in [3.63, 3.8) is 0 Å². The number of aliphatic hydroxyl groups is 1. The molecular formula is C9H14O2. The Morgan fingerprint density at radius 3 is 2.73 bits per heavy atom. The van der Waals surface area contributed by atoms with Gasteiger partial charge in [-0.3, -0.25) is 4.79 Å². The number of hydrogen-bond acceptors (Lipinski definition) is 2. The van der Waals surface area contributed by atoms with Crippen molar-refractivity contribution >= 4 is 5.78 Å². The summed E-state index contributed by atoms with van der Waals surface area (Å²) in [6.45, 7) is 2.40. The zero-order chi connectivity index (χ0) is 8.01. The van der Waals surface area contributed by atoms with E-state index in [1.807, 2.05) is 0 Å². The van der Waals surface area contributed by atoms with Crippen molar-refractivity contribution in [2.45, 2.75) is 19.8 Å². The summed E-state index contributed by atoms with van der Waals surface area (Å²) in [5.74, 6) is 2.11. The van der Waals surface area contributed by atoms with Crippen molar-refractivity contribution in [1.82, 2.24) is 0 Å². The summed E-state index contributed by atoms with van der Waals surface area (Å²) < 4.78 is 0. The van der Waals surface area contributed by atoms with Crippen LogP contribution in [0.3, 0.4) is 0 Å². The standard InChI is InChI=1S/C9H14O2/c1-5-2-7-8(9(7)11)3-6(5)4-10/h5-8,10H,2-4H2,1H3. The second-order valence-electron chi connectivity index (χ2n) is 4.01. The molecule has 2 fully saturated rings. The molecule has 0 aliphatic heterocycles. The van der Waals surface area contributed by atoms with E-state index in [9.17, 15) is 4.79 Å². The average Bonchev–Trinajstić information content (AvgIpc) is 2.60. The second-order valence-corrected chi connectivity index (χ2v) is 4.01. The molecule has 0 aromatic heterocycles. The topological polar surface area (TPSA) is 37.3 Å². The van der Waals surface area contributed by atoms with Crippen LogP contribution < -0.4 is 0 Å². The Morgan fingerprint density at radius 2 is 2.09 bits per heavy atom. The highest BCUT2D eigenvalue weighted by Crippen LogP contribution is 2.49. The first-order chi connectivity index (χ1) is 5.24. The zero-order valence-corrected chi connectivity index (χ0v) is 6.79. The number of aliphatic hydroxyl groups excluding tert-OH is 1. The van der Waals surface area contributed by atoms with Crippen LogP contribution in [0.4, 0.5) is 0 Å². The molecule has 4 atom stereocenters. The molecule has 11 heavy (non-hydrogen) atoms. The normalized spacial score (nSPS) is 48.7. The maximum absolute atomic E-state index is 11.0. The number of Topliss-reactive ketones (excluding diaryl/α,β-unsaturated/α-hetero) is 1. The van der Waals surface area contributed by atoms with Crippen LogP contribution in [0, 0.1) is 23.7 Å². The van der Waals surface area contributed by atoms with Crippen LogP contribution in [0.15, 0.2) is 0 Å². The monoisotopic (exact) mass is 154 g/mol. The third kappa shape index (κ3) is 1.00. The predicted octanol–water partition coefficient (Wildman–Crippen LogP) is 0.840. The van der Waals surface area contributed by atoms with Crippen LogP contribution in [-0.4, -0.2) is 17.5 Å². The first-order valence-corrected chi connectivity index (χ1v) is 4.38. The van der Waals surface area contributed by atoms with Crippen molar-refractivity contribution in [1.29, 1.82) is 0 Å². The molecule has 0 heterocycles. The molecule has 0 spiro atoms. The van der Waals surface area contributed by atoms with Gasteiger partial charge in [-0.05, 0) is 24.7 Å². The van der Waals surface area contributed by atoms with E-state index in [2.05, 4.69) is 6.92 Å². The van der Waals surface area contributed by atoms with Crippen LogP contribution in [0.5, 0.6) is 0 Å². The lowest BCUT2D eigenvalue weighted by atomic mass is 9.81. The molecule has 0 aromatic rings. The highest BCUT2D eigenvalue weighted by molar-refractivity contribution is 5.99. The lowest BCUT2D eigenvalue weighted by Gasteiger charge is -2.24. The molecule has 0 radical (unpaired) electrons. The summed E-state index contributed by atoms with van der Waals surface area (Å²) in [4.78, 5) is 11.0. The van der Waals surface area contributed by atoms with Crippen molar-refractivity contribution in [3.05, 3.63) is 0 Å². The SMILES string of the molecule is CC1CC2C(=O)C2CC1CO.